The highest BCUT2D eigenvalue weighted by Gasteiger charge is 2.49. The summed E-state index contributed by atoms with van der Waals surface area (Å²) in [7, 11) is 7.24. The van der Waals surface area contributed by atoms with Crippen molar-refractivity contribution in [2.75, 3.05) is 33.2 Å². The molecule has 5 nitrogen and oxygen atoms in total. The van der Waals surface area contributed by atoms with Crippen LogP contribution in [-0.4, -0.2) is 39.1 Å². The van der Waals surface area contributed by atoms with Gasteiger partial charge in [0.1, 0.15) is 16.9 Å². The molecular weight excluding hydrogens is 471 g/mol. The van der Waals surface area contributed by atoms with E-state index in [9.17, 15) is 4.79 Å². The average Bonchev–Trinajstić information content (AvgIpc) is 3.02. The molecule has 3 aromatic carbocycles. The number of rotatable bonds is 7. The molecule has 0 bridgehead atoms. The summed E-state index contributed by atoms with van der Waals surface area (Å²) in [5, 5.41) is 1.12. The number of nitrogens with zero attached hydrogens (tertiary/aromatic N) is 2. The summed E-state index contributed by atoms with van der Waals surface area (Å²) in [5.74, 6) is 1.28. The van der Waals surface area contributed by atoms with E-state index in [1.165, 1.54) is 0 Å². The lowest BCUT2D eigenvalue weighted by atomic mass is 9.76. The lowest BCUT2D eigenvalue weighted by Gasteiger charge is -2.27. The number of halogens is 2. The Bertz CT molecular complexity index is 1240. The van der Waals surface area contributed by atoms with Gasteiger partial charge in [-0.3, -0.25) is 4.79 Å². The second kappa shape index (κ2) is 9.49. The molecule has 0 spiro atoms. The molecule has 0 saturated heterocycles. The zero-order valence-electron chi connectivity index (χ0n) is 20.0. The summed E-state index contributed by atoms with van der Waals surface area (Å²) < 4.78 is 10.9. The van der Waals surface area contributed by atoms with Gasteiger partial charge in [0.15, 0.2) is 0 Å². The third kappa shape index (κ3) is 4.24. The van der Waals surface area contributed by atoms with E-state index in [0.717, 1.165) is 34.5 Å². The van der Waals surface area contributed by atoms with Crippen LogP contribution < -0.4 is 14.4 Å². The fourth-order valence-corrected chi connectivity index (χ4v) is 5.11. The van der Waals surface area contributed by atoms with Crippen LogP contribution in [0.3, 0.4) is 0 Å². The van der Waals surface area contributed by atoms with Crippen molar-refractivity contribution in [3.8, 4) is 11.5 Å². The number of anilines is 1. The molecule has 3 aromatic rings. The quantitative estimate of drug-likeness (QED) is 0.405. The highest BCUT2D eigenvalue weighted by atomic mass is 35.5. The number of carbonyl (C=O) groups is 1. The molecule has 0 saturated carbocycles. The molecule has 34 heavy (non-hydrogen) atoms. The Morgan fingerprint density at radius 1 is 0.941 bits per heavy atom. The summed E-state index contributed by atoms with van der Waals surface area (Å²) in [6.45, 7) is 3.01. The summed E-state index contributed by atoms with van der Waals surface area (Å²) in [6.07, 6.45) is 0. The maximum Gasteiger partial charge on any atom is 0.242 e. The van der Waals surface area contributed by atoms with Crippen LogP contribution in [0, 0.1) is 0 Å². The molecule has 7 heteroatoms. The van der Waals surface area contributed by atoms with Crippen molar-refractivity contribution in [3.05, 3.63) is 86.9 Å². The van der Waals surface area contributed by atoms with Gasteiger partial charge in [-0.25, -0.2) is 0 Å². The number of hydrogen-bond acceptors (Lipinski definition) is 4. The first kappa shape index (κ1) is 24.4. The van der Waals surface area contributed by atoms with Gasteiger partial charge in [-0.05, 0) is 74.1 Å². The van der Waals surface area contributed by atoms with Crippen molar-refractivity contribution < 1.29 is 14.3 Å². The lowest BCUT2D eigenvalue weighted by Crippen LogP contribution is -2.39. The van der Waals surface area contributed by atoms with Crippen LogP contribution in [0.5, 0.6) is 11.5 Å². The predicted molar refractivity (Wildman–Crippen MR) is 137 cm³/mol. The molecule has 1 atom stereocenters. The van der Waals surface area contributed by atoms with Crippen LogP contribution in [-0.2, 0) is 23.3 Å². The van der Waals surface area contributed by atoms with Gasteiger partial charge in [0.05, 0.1) is 20.8 Å². The van der Waals surface area contributed by atoms with Crippen LogP contribution in [0.15, 0.2) is 54.6 Å². The minimum atomic E-state index is -0.987. The Balaban J connectivity index is 1.84. The van der Waals surface area contributed by atoms with E-state index in [1.54, 1.807) is 19.1 Å². The van der Waals surface area contributed by atoms with Gasteiger partial charge in [0.25, 0.3) is 0 Å². The van der Waals surface area contributed by atoms with Crippen LogP contribution in [0.4, 0.5) is 5.69 Å². The molecule has 1 aliphatic rings. The normalized spacial score (nSPS) is 17.3. The maximum atomic E-state index is 14.2. The number of amides is 1. The van der Waals surface area contributed by atoms with E-state index < -0.39 is 5.41 Å². The van der Waals surface area contributed by atoms with E-state index in [2.05, 4.69) is 4.90 Å². The largest absolute Gasteiger partial charge is 0.497 e. The van der Waals surface area contributed by atoms with Gasteiger partial charge in [0, 0.05) is 33.9 Å². The van der Waals surface area contributed by atoms with Crippen molar-refractivity contribution in [1.29, 1.82) is 0 Å². The van der Waals surface area contributed by atoms with Gasteiger partial charge in [-0.15, -0.1) is 0 Å². The van der Waals surface area contributed by atoms with Gasteiger partial charge in [-0.2, -0.15) is 0 Å². The topological polar surface area (TPSA) is 42.0 Å². The highest BCUT2D eigenvalue weighted by molar-refractivity contribution is 6.32. The average molecular weight is 499 g/mol. The molecule has 1 heterocycles. The first-order valence-corrected chi connectivity index (χ1v) is 11.7. The molecule has 178 valence electrons. The molecule has 0 aromatic heterocycles. The monoisotopic (exact) mass is 498 g/mol. The van der Waals surface area contributed by atoms with Crippen LogP contribution in [0.2, 0.25) is 10.0 Å². The number of methoxy groups -OCH3 is 2. The zero-order valence-corrected chi connectivity index (χ0v) is 21.5. The maximum absolute atomic E-state index is 14.2. The molecule has 1 aliphatic heterocycles. The SMILES string of the molecule is COc1ccc(CN2C(=O)C(C)(c3cc(CN(C)C)ccc3Cl)c3cc(Cl)ccc32)c(OC)c1. The Morgan fingerprint density at radius 2 is 1.71 bits per heavy atom. The Morgan fingerprint density at radius 3 is 2.38 bits per heavy atom. The fraction of sp³-hybridized carbons (Fsp3) is 0.296. The second-order valence-electron chi connectivity index (χ2n) is 8.91. The van der Waals surface area contributed by atoms with Gasteiger partial charge < -0.3 is 19.3 Å². The number of benzene rings is 3. The van der Waals surface area contributed by atoms with E-state index in [4.69, 9.17) is 32.7 Å². The van der Waals surface area contributed by atoms with Crippen molar-refractivity contribution in [1.82, 2.24) is 4.90 Å². The Hall–Kier alpha value is -2.73. The third-order valence-electron chi connectivity index (χ3n) is 6.35. The molecule has 1 amide bonds. The van der Waals surface area contributed by atoms with Crippen molar-refractivity contribution in [2.45, 2.75) is 25.4 Å². The van der Waals surface area contributed by atoms with Crippen molar-refractivity contribution >= 4 is 34.8 Å². The first-order valence-electron chi connectivity index (χ1n) is 11.0. The highest BCUT2D eigenvalue weighted by Crippen LogP contribution is 2.49. The summed E-state index contributed by atoms with van der Waals surface area (Å²) in [4.78, 5) is 18.0. The third-order valence-corrected chi connectivity index (χ3v) is 6.92. The van der Waals surface area contributed by atoms with Crippen LogP contribution in [0.1, 0.15) is 29.2 Å². The lowest BCUT2D eigenvalue weighted by molar-refractivity contribution is -0.121. The second-order valence-corrected chi connectivity index (χ2v) is 9.75. The van der Waals surface area contributed by atoms with E-state index in [-0.39, 0.29) is 5.91 Å². The van der Waals surface area contributed by atoms with Gasteiger partial charge >= 0.3 is 0 Å². The molecule has 0 aliphatic carbocycles. The Labute approximate surface area is 210 Å². The molecule has 0 N–H and O–H groups in total. The minimum Gasteiger partial charge on any atom is -0.497 e. The van der Waals surface area contributed by atoms with Crippen LogP contribution in [0.25, 0.3) is 0 Å². The molecule has 4 rings (SSSR count). The van der Waals surface area contributed by atoms with Gasteiger partial charge in [0.2, 0.25) is 5.91 Å². The van der Waals surface area contributed by atoms with Crippen molar-refractivity contribution in [3.63, 3.8) is 0 Å². The number of fused-ring (bicyclic) bond motifs is 1. The minimum absolute atomic E-state index is 0.0634. The number of hydrogen-bond donors (Lipinski definition) is 0. The zero-order chi connectivity index (χ0) is 24.6. The Kier molecular flexibility index (Phi) is 6.81. The smallest absolute Gasteiger partial charge is 0.242 e. The van der Waals surface area contributed by atoms with Crippen molar-refractivity contribution in [2.24, 2.45) is 0 Å². The number of carbonyl (C=O) groups excluding carboxylic acids is 1. The molecular formula is C27H28Cl2N2O3. The summed E-state index contributed by atoms with van der Waals surface area (Å²) in [5.41, 5.74) is 3.38. The first-order chi connectivity index (χ1) is 16.2. The van der Waals surface area contributed by atoms with Gasteiger partial charge in [-0.1, -0.05) is 35.3 Å². The standard InChI is InChI=1S/C27H28Cl2N2O3/c1-27(21-12-17(15-30(2)3)6-10-23(21)29)22-13-19(28)8-11-24(22)31(26(27)32)16-18-7-9-20(33-4)14-25(18)34-5/h6-14H,15-16H2,1-5H3. The summed E-state index contributed by atoms with van der Waals surface area (Å²) >= 11 is 13.1. The molecule has 0 radical (unpaired) electrons. The van der Waals surface area contributed by atoms with E-state index >= 15 is 0 Å². The predicted octanol–water partition coefficient (Wildman–Crippen LogP) is 5.93. The summed E-state index contributed by atoms with van der Waals surface area (Å²) in [6, 6.07) is 17.1. The fourth-order valence-electron chi connectivity index (χ4n) is 4.63. The molecule has 0 fully saturated rings. The van der Waals surface area contributed by atoms with E-state index in [1.807, 2.05) is 75.6 Å². The van der Waals surface area contributed by atoms with E-state index in [0.29, 0.717) is 28.1 Å². The molecule has 1 unspecified atom stereocenters. The van der Waals surface area contributed by atoms with Crippen LogP contribution >= 0.6 is 23.2 Å². The number of ether oxygens (including phenoxy) is 2.